The lowest BCUT2D eigenvalue weighted by Crippen LogP contribution is -1.66. The third-order valence-electron chi connectivity index (χ3n) is 0.903. The second kappa shape index (κ2) is 4.11. The van der Waals surface area contributed by atoms with Crippen molar-refractivity contribution in [3.05, 3.63) is 35.9 Å². The number of hydrogen-bond donors (Lipinski definition) is 0. The Morgan fingerprint density at radius 2 is 1.78 bits per heavy atom. The zero-order valence-corrected chi connectivity index (χ0v) is 6.46. The summed E-state index contributed by atoms with van der Waals surface area (Å²) < 4.78 is 0. The smallest absolute Gasteiger partial charge is 0.192 e. The van der Waals surface area contributed by atoms with Gasteiger partial charge in [-0.15, -0.1) is 17.0 Å². The van der Waals surface area contributed by atoms with E-state index in [1.54, 1.807) is 12.1 Å². The van der Waals surface area contributed by atoms with Crippen molar-refractivity contribution in [2.24, 2.45) is 0 Å². The molecule has 0 heterocycles. The second-order valence-corrected chi connectivity index (χ2v) is 1.48. The molecule has 0 saturated heterocycles. The fourth-order valence-corrected chi connectivity index (χ4v) is 0.513. The van der Waals surface area contributed by atoms with E-state index in [0.29, 0.717) is 5.56 Å². The minimum atomic E-state index is 0. The van der Waals surface area contributed by atoms with Gasteiger partial charge < -0.3 is 0 Å². The SMILES string of the molecule is Br.N#Cc1ccccc1.[H+]. The highest BCUT2D eigenvalue weighted by Crippen LogP contribution is 1.92. The second-order valence-electron chi connectivity index (χ2n) is 1.48. The molecule has 0 aromatic heterocycles. The van der Waals surface area contributed by atoms with E-state index in [4.69, 9.17) is 5.26 Å². The van der Waals surface area contributed by atoms with Gasteiger partial charge in [0.15, 0.2) is 0 Å². The van der Waals surface area contributed by atoms with Crippen LogP contribution in [0.3, 0.4) is 0 Å². The molecule has 0 atom stereocenters. The summed E-state index contributed by atoms with van der Waals surface area (Å²) in [6.07, 6.45) is 0. The van der Waals surface area contributed by atoms with E-state index >= 15 is 0 Å². The Bertz CT molecular complexity index is 205. The van der Waals surface area contributed by atoms with E-state index in [-0.39, 0.29) is 18.4 Å². The molecule has 0 saturated carbocycles. The predicted molar refractivity (Wildman–Crippen MR) is 42.6 cm³/mol. The van der Waals surface area contributed by atoms with Gasteiger partial charge in [0.25, 0.3) is 0 Å². The molecule has 9 heavy (non-hydrogen) atoms. The molecule has 46 valence electrons. The molecule has 1 rings (SSSR count). The maximum absolute atomic E-state index is 8.29. The van der Waals surface area contributed by atoms with Crippen LogP contribution < -0.4 is 0 Å². The van der Waals surface area contributed by atoms with E-state index in [1.165, 1.54) is 0 Å². The Morgan fingerprint density at radius 1 is 1.22 bits per heavy atom. The van der Waals surface area contributed by atoms with Crippen LogP contribution in [0.1, 0.15) is 6.99 Å². The van der Waals surface area contributed by atoms with E-state index in [0.717, 1.165) is 0 Å². The topological polar surface area (TPSA) is 23.8 Å². The highest BCUT2D eigenvalue weighted by Gasteiger charge is 1.79. The summed E-state index contributed by atoms with van der Waals surface area (Å²) in [6, 6.07) is 11.2. The Balaban J connectivity index is 0. The Hall–Kier alpha value is -0.810. The lowest BCUT2D eigenvalue weighted by Gasteiger charge is -1.80. The largest absolute Gasteiger partial charge is 1.00 e. The van der Waals surface area contributed by atoms with Crippen LogP contribution in [0.4, 0.5) is 0 Å². The monoisotopic (exact) mass is 184 g/mol. The standard InChI is InChI=1S/C7H5N.BrH/c8-6-7-4-2-1-3-5-7;/h1-5H;1H/p+1. The fourth-order valence-electron chi connectivity index (χ4n) is 0.513. The normalized spacial score (nSPS) is 7.00. The van der Waals surface area contributed by atoms with Crippen LogP contribution in [0.5, 0.6) is 0 Å². The summed E-state index contributed by atoms with van der Waals surface area (Å²) in [5.41, 5.74) is 0.715. The average Bonchev–Trinajstić information content (AvgIpc) is 1.90. The number of nitriles is 1. The van der Waals surface area contributed by atoms with Crippen molar-refractivity contribution in [3.63, 3.8) is 0 Å². The summed E-state index contributed by atoms with van der Waals surface area (Å²) in [7, 11) is 0. The van der Waals surface area contributed by atoms with Gasteiger partial charge in [-0.1, -0.05) is 18.2 Å². The minimum Gasteiger partial charge on any atom is -0.192 e. The van der Waals surface area contributed by atoms with Gasteiger partial charge >= 0.3 is 1.43 Å². The molecule has 0 spiro atoms. The maximum Gasteiger partial charge on any atom is 1.00 e. The van der Waals surface area contributed by atoms with Crippen LogP contribution in [0.25, 0.3) is 0 Å². The van der Waals surface area contributed by atoms with Gasteiger partial charge in [0.1, 0.15) is 0 Å². The zero-order chi connectivity index (χ0) is 5.82. The molecule has 0 fully saturated rings. The molecule has 1 nitrogen and oxygen atoms in total. The van der Waals surface area contributed by atoms with Crippen LogP contribution >= 0.6 is 17.0 Å². The average molecular weight is 185 g/mol. The van der Waals surface area contributed by atoms with Gasteiger partial charge in [0.05, 0.1) is 11.6 Å². The van der Waals surface area contributed by atoms with Crippen LogP contribution in [-0.2, 0) is 0 Å². The van der Waals surface area contributed by atoms with Crippen LogP contribution in [0.2, 0.25) is 0 Å². The Labute approximate surface area is 66.2 Å². The van der Waals surface area contributed by atoms with Crippen molar-refractivity contribution in [2.75, 3.05) is 0 Å². The summed E-state index contributed by atoms with van der Waals surface area (Å²) >= 11 is 0. The predicted octanol–water partition coefficient (Wildman–Crippen LogP) is 2.25. The molecule has 2 heteroatoms. The van der Waals surface area contributed by atoms with Gasteiger partial charge in [-0.05, 0) is 12.1 Å². The molecule has 0 aliphatic heterocycles. The van der Waals surface area contributed by atoms with E-state index in [1.807, 2.05) is 24.3 Å². The number of hydrogen-bond acceptors (Lipinski definition) is 1. The van der Waals surface area contributed by atoms with Crippen molar-refractivity contribution >= 4 is 17.0 Å². The first kappa shape index (κ1) is 8.19. The van der Waals surface area contributed by atoms with Gasteiger partial charge in [0.2, 0.25) is 0 Å². The van der Waals surface area contributed by atoms with Crippen molar-refractivity contribution in [3.8, 4) is 6.07 Å². The molecule has 0 amide bonds. The van der Waals surface area contributed by atoms with Gasteiger partial charge in [0, 0.05) is 0 Å². The minimum absolute atomic E-state index is 0. The summed E-state index contributed by atoms with van der Waals surface area (Å²) in [5, 5.41) is 8.29. The first-order chi connectivity index (χ1) is 3.93. The van der Waals surface area contributed by atoms with Crippen LogP contribution in [-0.4, -0.2) is 0 Å². The van der Waals surface area contributed by atoms with Gasteiger partial charge in [-0.25, -0.2) is 0 Å². The highest BCUT2D eigenvalue weighted by atomic mass is 79.9. The molecular weight excluding hydrogens is 178 g/mol. The maximum atomic E-state index is 8.29. The van der Waals surface area contributed by atoms with Crippen LogP contribution in [0, 0.1) is 11.3 Å². The first-order valence-corrected chi connectivity index (χ1v) is 2.38. The lowest BCUT2D eigenvalue weighted by atomic mass is 10.2. The summed E-state index contributed by atoms with van der Waals surface area (Å²) in [5.74, 6) is 0. The quantitative estimate of drug-likeness (QED) is 0.608. The number of halogens is 1. The van der Waals surface area contributed by atoms with Gasteiger partial charge in [-0.3, -0.25) is 0 Å². The summed E-state index contributed by atoms with van der Waals surface area (Å²) in [4.78, 5) is 0. The van der Waals surface area contributed by atoms with Crippen molar-refractivity contribution < 1.29 is 1.43 Å². The number of benzene rings is 1. The molecule has 0 bridgehead atoms. The molecule has 0 N–H and O–H groups in total. The van der Waals surface area contributed by atoms with Crippen molar-refractivity contribution in [1.82, 2.24) is 0 Å². The first-order valence-electron chi connectivity index (χ1n) is 2.38. The Morgan fingerprint density at radius 3 is 2.11 bits per heavy atom. The van der Waals surface area contributed by atoms with Crippen LogP contribution in [0.15, 0.2) is 30.3 Å². The molecule has 1 aromatic rings. The van der Waals surface area contributed by atoms with E-state index in [2.05, 4.69) is 0 Å². The molecule has 0 aliphatic rings. The third kappa shape index (κ3) is 2.29. The van der Waals surface area contributed by atoms with E-state index in [9.17, 15) is 0 Å². The lowest BCUT2D eigenvalue weighted by molar-refractivity contribution is 1.49. The van der Waals surface area contributed by atoms with Gasteiger partial charge in [-0.2, -0.15) is 5.26 Å². The number of rotatable bonds is 0. The zero-order valence-electron chi connectivity index (χ0n) is 5.74. The van der Waals surface area contributed by atoms with Crippen molar-refractivity contribution in [1.29, 1.82) is 5.26 Å². The molecule has 1 aromatic carbocycles. The number of nitrogens with zero attached hydrogens (tertiary/aromatic N) is 1. The summed E-state index contributed by atoms with van der Waals surface area (Å²) in [6.45, 7) is 0. The third-order valence-corrected chi connectivity index (χ3v) is 0.903. The van der Waals surface area contributed by atoms with Crippen molar-refractivity contribution in [2.45, 2.75) is 0 Å². The molecule has 0 unspecified atom stereocenters. The Kier molecular flexibility index (Phi) is 3.74. The van der Waals surface area contributed by atoms with E-state index < -0.39 is 0 Å². The fraction of sp³-hybridized carbons (Fsp3) is 0. The molecular formula is C7H7BrN+. The highest BCUT2D eigenvalue weighted by molar-refractivity contribution is 8.93. The molecule has 0 radical (unpaired) electrons. The molecule has 0 aliphatic carbocycles.